The molecule has 11 nitrogen and oxygen atoms in total. The van der Waals surface area contributed by atoms with Crippen LogP contribution in [0.15, 0.2) is 35.3 Å². The number of nitrogens with zero attached hydrogens (tertiary/aromatic N) is 1. The lowest BCUT2D eigenvalue weighted by Crippen LogP contribution is -2.70. The van der Waals surface area contributed by atoms with Crippen molar-refractivity contribution in [3.05, 3.63) is 35.3 Å². The second-order valence-electron chi connectivity index (χ2n) is 8.26. The molecule has 0 aromatic carbocycles. The quantitative estimate of drug-likeness (QED) is 0.224. The van der Waals surface area contributed by atoms with E-state index in [9.17, 15) is 34.2 Å². The molecule has 3 atom stereocenters. The third kappa shape index (κ3) is 4.75. The molecule has 3 aliphatic heterocycles. The average Bonchev–Trinajstić information content (AvgIpc) is 3.02. The Morgan fingerprint density at radius 3 is 2.64 bits per heavy atom. The number of aliphatic hydroxyl groups is 1. The highest BCUT2D eigenvalue weighted by Crippen LogP contribution is 2.40. The summed E-state index contributed by atoms with van der Waals surface area (Å²) in [5.41, 5.74) is -0.0561. The van der Waals surface area contributed by atoms with Crippen LogP contribution in [-0.2, 0) is 24.0 Å². The summed E-state index contributed by atoms with van der Waals surface area (Å²) >= 11 is 1.32. The van der Waals surface area contributed by atoms with Crippen molar-refractivity contribution in [3.63, 3.8) is 0 Å². The first-order valence-corrected chi connectivity index (χ1v) is 11.5. The Labute approximate surface area is 194 Å². The number of carbonyl (C=O) groups is 5. The lowest BCUT2D eigenvalue weighted by molar-refractivity contribution is -0.150. The fourth-order valence-electron chi connectivity index (χ4n) is 3.87. The van der Waals surface area contributed by atoms with Gasteiger partial charge in [-0.2, -0.15) is 0 Å². The molecule has 4 amide bonds. The van der Waals surface area contributed by atoms with Crippen LogP contribution in [0, 0.1) is 5.92 Å². The van der Waals surface area contributed by atoms with E-state index in [2.05, 4.69) is 22.5 Å². The molecular weight excluding hydrogens is 452 g/mol. The molecule has 1 unspecified atom stereocenters. The summed E-state index contributed by atoms with van der Waals surface area (Å²) in [5, 5.41) is 26.6. The van der Waals surface area contributed by atoms with E-state index in [4.69, 9.17) is 0 Å². The number of aliphatic carboxylic acids is 1. The summed E-state index contributed by atoms with van der Waals surface area (Å²) in [5.74, 6) is -3.51. The van der Waals surface area contributed by atoms with E-state index in [1.807, 2.05) is 13.8 Å². The number of β-lactam (4-membered cyclic amide) rings is 1. The molecule has 0 aromatic heterocycles. The highest BCUT2D eigenvalue weighted by molar-refractivity contribution is 8.00. The van der Waals surface area contributed by atoms with Gasteiger partial charge in [0.05, 0.1) is 6.04 Å². The molecule has 5 N–H and O–H groups in total. The highest BCUT2D eigenvalue weighted by Gasteiger charge is 2.53. The first-order valence-electron chi connectivity index (χ1n) is 10.4. The summed E-state index contributed by atoms with van der Waals surface area (Å²) < 4.78 is 0. The van der Waals surface area contributed by atoms with E-state index in [-0.39, 0.29) is 35.9 Å². The van der Waals surface area contributed by atoms with Crippen LogP contribution in [0.1, 0.15) is 26.7 Å². The standard InChI is InChI=1S/C21H26N4O7S/c1-4-10-8-33-20-14(19(30)25(20)15(10)21(31)32)24-12(26)5-6-22-17(28)13-16(27)11(7-9(2)3)23-18(13)29/h4,9,11,14,20,27H,1,5-8H2,2-3H3,(H,22,28)(H,23,29)(H,24,26)(H,31,32)/t11?,14-,20-/m1/s1. The van der Waals surface area contributed by atoms with Gasteiger partial charge in [0.1, 0.15) is 28.4 Å². The van der Waals surface area contributed by atoms with Gasteiger partial charge in [-0.25, -0.2) is 4.79 Å². The zero-order valence-corrected chi connectivity index (χ0v) is 19.0. The van der Waals surface area contributed by atoms with E-state index in [0.717, 1.165) is 4.90 Å². The van der Waals surface area contributed by atoms with Gasteiger partial charge in [-0.1, -0.05) is 26.5 Å². The number of fused-ring (bicyclic) bond motifs is 1. The maximum atomic E-state index is 12.5. The van der Waals surface area contributed by atoms with E-state index >= 15 is 0 Å². The number of thioether (sulfide) groups is 1. The Morgan fingerprint density at radius 2 is 2.03 bits per heavy atom. The van der Waals surface area contributed by atoms with Crippen molar-refractivity contribution < 1.29 is 34.2 Å². The maximum Gasteiger partial charge on any atom is 0.352 e. The topological polar surface area (TPSA) is 165 Å². The molecule has 0 aliphatic carbocycles. The van der Waals surface area contributed by atoms with Gasteiger partial charge in [0.15, 0.2) is 0 Å². The van der Waals surface area contributed by atoms with Gasteiger partial charge in [-0.3, -0.25) is 24.1 Å². The van der Waals surface area contributed by atoms with Crippen molar-refractivity contribution in [3.8, 4) is 0 Å². The lowest BCUT2D eigenvalue weighted by atomic mass is 10.0. The predicted molar refractivity (Wildman–Crippen MR) is 119 cm³/mol. The molecule has 0 bridgehead atoms. The van der Waals surface area contributed by atoms with Gasteiger partial charge >= 0.3 is 5.97 Å². The number of allylic oxidation sites excluding steroid dienone is 1. The summed E-state index contributed by atoms with van der Waals surface area (Å²) in [7, 11) is 0. The predicted octanol–water partition coefficient (Wildman–Crippen LogP) is -0.226. The van der Waals surface area contributed by atoms with Crippen LogP contribution < -0.4 is 16.0 Å². The van der Waals surface area contributed by atoms with Gasteiger partial charge < -0.3 is 26.2 Å². The molecule has 0 saturated carbocycles. The second-order valence-corrected chi connectivity index (χ2v) is 9.36. The fourth-order valence-corrected chi connectivity index (χ4v) is 5.21. The van der Waals surface area contributed by atoms with Gasteiger partial charge in [-0.15, -0.1) is 11.8 Å². The SMILES string of the molecule is C=CC1=C(C(=O)O)N2C(=O)[C@@H](NC(=O)CCNC(=O)C3=C(O)C(CC(C)C)NC3=O)[C@H]2SC1. The van der Waals surface area contributed by atoms with Gasteiger partial charge in [0, 0.05) is 18.7 Å². The van der Waals surface area contributed by atoms with Gasteiger partial charge in [0.2, 0.25) is 5.91 Å². The molecule has 1 fully saturated rings. The number of carboxylic acids is 1. The summed E-state index contributed by atoms with van der Waals surface area (Å²) in [4.78, 5) is 61.8. The van der Waals surface area contributed by atoms with Crippen LogP contribution in [0.2, 0.25) is 0 Å². The average molecular weight is 479 g/mol. The van der Waals surface area contributed by atoms with Crippen LogP contribution in [0.4, 0.5) is 0 Å². The van der Waals surface area contributed by atoms with Crippen LogP contribution >= 0.6 is 11.8 Å². The number of amides is 4. The summed E-state index contributed by atoms with van der Waals surface area (Å²) in [6, 6.07) is -1.49. The summed E-state index contributed by atoms with van der Waals surface area (Å²) in [6.07, 6.45) is 1.71. The number of rotatable bonds is 9. The Hall–Kier alpha value is -3.28. The number of carboxylic acid groups (broad SMARTS) is 1. The molecule has 33 heavy (non-hydrogen) atoms. The molecule has 0 radical (unpaired) electrons. The Morgan fingerprint density at radius 1 is 1.33 bits per heavy atom. The summed E-state index contributed by atoms with van der Waals surface area (Å²) in [6.45, 7) is 7.30. The van der Waals surface area contributed by atoms with Crippen molar-refractivity contribution >= 4 is 41.4 Å². The number of hydrogen-bond acceptors (Lipinski definition) is 7. The van der Waals surface area contributed by atoms with Crippen LogP contribution in [0.3, 0.4) is 0 Å². The Kier molecular flexibility index (Phi) is 7.15. The minimum absolute atomic E-state index is 0.118. The number of hydrogen-bond donors (Lipinski definition) is 5. The Balaban J connectivity index is 1.51. The van der Waals surface area contributed by atoms with Crippen molar-refractivity contribution in [1.29, 1.82) is 0 Å². The van der Waals surface area contributed by atoms with Crippen molar-refractivity contribution in [1.82, 2.24) is 20.9 Å². The van der Waals surface area contributed by atoms with Crippen molar-refractivity contribution in [2.24, 2.45) is 5.92 Å². The van der Waals surface area contributed by atoms with E-state index in [1.165, 1.54) is 17.8 Å². The largest absolute Gasteiger partial charge is 0.509 e. The Bertz CT molecular complexity index is 987. The minimum atomic E-state index is -1.24. The first kappa shape index (κ1) is 24.4. The number of aliphatic hydroxyl groups excluding tert-OH is 1. The molecule has 178 valence electrons. The zero-order chi connectivity index (χ0) is 24.4. The second kappa shape index (κ2) is 9.69. The van der Waals surface area contributed by atoms with Gasteiger partial charge in [-0.05, 0) is 17.9 Å². The van der Waals surface area contributed by atoms with E-state index in [0.29, 0.717) is 17.7 Å². The molecule has 3 rings (SSSR count). The smallest absolute Gasteiger partial charge is 0.352 e. The van der Waals surface area contributed by atoms with Crippen LogP contribution in [0.25, 0.3) is 0 Å². The molecule has 0 aromatic rings. The fraction of sp³-hybridized carbons (Fsp3) is 0.476. The van der Waals surface area contributed by atoms with E-state index in [1.54, 1.807) is 0 Å². The van der Waals surface area contributed by atoms with Crippen LogP contribution in [-0.4, -0.2) is 74.5 Å². The number of carbonyl (C=O) groups excluding carboxylic acids is 4. The zero-order valence-electron chi connectivity index (χ0n) is 18.2. The highest BCUT2D eigenvalue weighted by atomic mass is 32.2. The molecular formula is C21H26N4O7S. The van der Waals surface area contributed by atoms with E-state index < -0.39 is 47.1 Å². The molecule has 3 aliphatic rings. The minimum Gasteiger partial charge on any atom is -0.509 e. The van der Waals surface area contributed by atoms with Crippen molar-refractivity contribution in [2.45, 2.75) is 44.1 Å². The molecule has 0 spiro atoms. The maximum absolute atomic E-state index is 12.5. The molecule has 3 heterocycles. The van der Waals surface area contributed by atoms with Crippen molar-refractivity contribution in [2.75, 3.05) is 12.3 Å². The third-order valence-corrected chi connectivity index (χ3v) is 6.76. The normalized spacial score (nSPS) is 24.3. The number of nitrogens with one attached hydrogen (secondary N) is 3. The monoisotopic (exact) mass is 478 g/mol. The van der Waals surface area contributed by atoms with Crippen LogP contribution in [0.5, 0.6) is 0 Å². The lowest BCUT2D eigenvalue weighted by Gasteiger charge is -2.49. The molecule has 12 heteroatoms. The third-order valence-electron chi connectivity index (χ3n) is 5.45. The first-order chi connectivity index (χ1) is 15.6. The van der Waals surface area contributed by atoms with Gasteiger partial charge in [0.25, 0.3) is 17.7 Å². The molecule has 1 saturated heterocycles.